The van der Waals surface area contributed by atoms with Crippen LogP contribution < -0.4 is 5.32 Å². The molecule has 0 unspecified atom stereocenters. The standard InChI is InChI=1S/C13H19N3O5/c1-13(2)11(20)16(12(21)14-13)7-5-9(17)15-6-3-4-8(15)10(18)19/h8H,3-7H2,1-2H3,(H,14,21)(H,18,19)/t8-/m1/s1. The lowest BCUT2D eigenvalue weighted by Crippen LogP contribution is -2.43. The van der Waals surface area contributed by atoms with Gasteiger partial charge in [-0.25, -0.2) is 9.59 Å². The summed E-state index contributed by atoms with van der Waals surface area (Å²) in [5, 5.41) is 11.6. The van der Waals surface area contributed by atoms with Gasteiger partial charge in [0.2, 0.25) is 5.91 Å². The molecule has 2 heterocycles. The Hall–Kier alpha value is -2.12. The zero-order valence-electron chi connectivity index (χ0n) is 12.1. The van der Waals surface area contributed by atoms with Crippen LogP contribution in [-0.4, -0.2) is 63.4 Å². The van der Waals surface area contributed by atoms with E-state index in [1.54, 1.807) is 13.8 Å². The first-order chi connectivity index (χ1) is 9.74. The van der Waals surface area contributed by atoms with Crippen molar-refractivity contribution in [2.45, 2.75) is 44.7 Å². The smallest absolute Gasteiger partial charge is 0.326 e. The van der Waals surface area contributed by atoms with Crippen LogP contribution in [0.5, 0.6) is 0 Å². The molecule has 21 heavy (non-hydrogen) atoms. The number of hydrogen-bond donors (Lipinski definition) is 2. The Morgan fingerprint density at radius 1 is 1.38 bits per heavy atom. The molecule has 0 bridgehead atoms. The zero-order valence-corrected chi connectivity index (χ0v) is 12.1. The lowest BCUT2D eigenvalue weighted by molar-refractivity contribution is -0.148. The molecule has 0 aromatic carbocycles. The molecule has 2 rings (SSSR count). The average molecular weight is 297 g/mol. The monoisotopic (exact) mass is 297 g/mol. The van der Waals surface area contributed by atoms with E-state index < -0.39 is 23.6 Å². The second-order valence-corrected chi connectivity index (χ2v) is 5.85. The lowest BCUT2D eigenvalue weighted by Gasteiger charge is -2.22. The number of rotatable bonds is 4. The molecule has 0 radical (unpaired) electrons. The maximum atomic E-state index is 12.1. The summed E-state index contributed by atoms with van der Waals surface area (Å²) < 4.78 is 0. The van der Waals surface area contributed by atoms with Crippen molar-refractivity contribution in [3.8, 4) is 0 Å². The maximum Gasteiger partial charge on any atom is 0.326 e. The Balaban J connectivity index is 1.94. The number of carboxylic acids is 1. The third-order valence-electron chi connectivity index (χ3n) is 3.85. The van der Waals surface area contributed by atoms with Crippen molar-refractivity contribution >= 4 is 23.8 Å². The number of imide groups is 1. The third kappa shape index (κ3) is 2.84. The van der Waals surface area contributed by atoms with Gasteiger partial charge in [0.15, 0.2) is 0 Å². The molecule has 0 saturated carbocycles. The Morgan fingerprint density at radius 2 is 2.05 bits per heavy atom. The predicted octanol–water partition coefficient (Wildman–Crippen LogP) is -0.217. The number of nitrogens with zero attached hydrogens (tertiary/aromatic N) is 2. The van der Waals surface area contributed by atoms with E-state index in [1.807, 2.05) is 0 Å². The van der Waals surface area contributed by atoms with Crippen LogP contribution in [0.4, 0.5) is 4.79 Å². The van der Waals surface area contributed by atoms with E-state index in [4.69, 9.17) is 5.11 Å². The minimum atomic E-state index is -1.02. The van der Waals surface area contributed by atoms with Gasteiger partial charge in [0.05, 0.1) is 0 Å². The highest BCUT2D eigenvalue weighted by Crippen LogP contribution is 2.20. The van der Waals surface area contributed by atoms with Gasteiger partial charge >= 0.3 is 12.0 Å². The molecule has 0 aromatic rings. The van der Waals surface area contributed by atoms with Crippen molar-refractivity contribution in [2.24, 2.45) is 0 Å². The number of aliphatic carboxylic acids is 1. The quantitative estimate of drug-likeness (QED) is 0.698. The van der Waals surface area contributed by atoms with E-state index in [1.165, 1.54) is 4.90 Å². The fraction of sp³-hybridized carbons (Fsp3) is 0.692. The Labute approximate surface area is 122 Å². The van der Waals surface area contributed by atoms with E-state index in [9.17, 15) is 19.2 Å². The summed E-state index contributed by atoms with van der Waals surface area (Å²) in [4.78, 5) is 49.1. The minimum Gasteiger partial charge on any atom is -0.480 e. The molecule has 0 spiro atoms. The number of hydrogen-bond acceptors (Lipinski definition) is 4. The Kier molecular flexibility index (Phi) is 3.89. The van der Waals surface area contributed by atoms with Crippen molar-refractivity contribution in [3.63, 3.8) is 0 Å². The van der Waals surface area contributed by atoms with E-state index in [2.05, 4.69) is 5.32 Å². The van der Waals surface area contributed by atoms with E-state index in [0.717, 1.165) is 4.90 Å². The highest BCUT2D eigenvalue weighted by atomic mass is 16.4. The molecular formula is C13H19N3O5. The molecule has 2 fully saturated rings. The molecule has 2 saturated heterocycles. The van der Waals surface area contributed by atoms with E-state index in [0.29, 0.717) is 19.4 Å². The normalized spacial score (nSPS) is 24.4. The number of amides is 4. The topological polar surface area (TPSA) is 107 Å². The van der Waals surface area contributed by atoms with Crippen molar-refractivity contribution < 1.29 is 24.3 Å². The summed E-state index contributed by atoms with van der Waals surface area (Å²) in [5.74, 6) is -1.74. The number of urea groups is 1. The minimum absolute atomic E-state index is 0.0320. The van der Waals surface area contributed by atoms with Gasteiger partial charge in [-0.15, -0.1) is 0 Å². The molecular weight excluding hydrogens is 278 g/mol. The van der Waals surface area contributed by atoms with Gasteiger partial charge in [-0.2, -0.15) is 0 Å². The third-order valence-corrected chi connectivity index (χ3v) is 3.85. The second kappa shape index (κ2) is 5.34. The number of nitrogens with one attached hydrogen (secondary N) is 1. The predicted molar refractivity (Wildman–Crippen MR) is 71.3 cm³/mol. The SMILES string of the molecule is CC1(C)NC(=O)N(CCC(=O)N2CCC[C@@H]2C(=O)O)C1=O. The summed E-state index contributed by atoms with van der Waals surface area (Å²) in [6, 6.07) is -1.31. The molecule has 0 aliphatic carbocycles. The summed E-state index contributed by atoms with van der Waals surface area (Å²) in [5.41, 5.74) is -0.961. The molecule has 116 valence electrons. The molecule has 1 atom stereocenters. The highest BCUT2D eigenvalue weighted by molar-refractivity contribution is 6.06. The van der Waals surface area contributed by atoms with Crippen LogP contribution in [0.25, 0.3) is 0 Å². The zero-order chi connectivity index (χ0) is 15.8. The summed E-state index contributed by atoms with van der Waals surface area (Å²) in [7, 11) is 0. The summed E-state index contributed by atoms with van der Waals surface area (Å²) in [6.45, 7) is 3.56. The first-order valence-corrected chi connectivity index (χ1v) is 6.90. The van der Waals surface area contributed by atoms with Crippen LogP contribution in [0.3, 0.4) is 0 Å². The average Bonchev–Trinajstić information content (AvgIpc) is 2.93. The molecule has 2 aliphatic rings. The fourth-order valence-corrected chi connectivity index (χ4v) is 2.69. The van der Waals surface area contributed by atoms with Gasteiger partial charge in [0.1, 0.15) is 11.6 Å². The molecule has 8 nitrogen and oxygen atoms in total. The van der Waals surface area contributed by atoms with E-state index >= 15 is 0 Å². The molecule has 2 aliphatic heterocycles. The first-order valence-electron chi connectivity index (χ1n) is 6.90. The van der Waals surface area contributed by atoms with Gasteiger partial charge < -0.3 is 15.3 Å². The van der Waals surface area contributed by atoms with Crippen LogP contribution in [0.2, 0.25) is 0 Å². The fourth-order valence-electron chi connectivity index (χ4n) is 2.69. The largest absolute Gasteiger partial charge is 0.480 e. The van der Waals surface area contributed by atoms with Gasteiger partial charge in [0.25, 0.3) is 5.91 Å². The van der Waals surface area contributed by atoms with Crippen molar-refractivity contribution in [1.82, 2.24) is 15.1 Å². The summed E-state index contributed by atoms with van der Waals surface area (Å²) >= 11 is 0. The van der Waals surface area contributed by atoms with Crippen molar-refractivity contribution in [3.05, 3.63) is 0 Å². The van der Waals surface area contributed by atoms with Crippen LogP contribution in [0.15, 0.2) is 0 Å². The maximum absolute atomic E-state index is 12.1. The summed E-state index contributed by atoms with van der Waals surface area (Å²) in [6.07, 6.45) is 1.04. The molecule has 0 aromatic heterocycles. The van der Waals surface area contributed by atoms with Crippen LogP contribution >= 0.6 is 0 Å². The lowest BCUT2D eigenvalue weighted by atomic mass is 10.1. The Morgan fingerprint density at radius 3 is 2.57 bits per heavy atom. The van der Waals surface area contributed by atoms with Crippen molar-refractivity contribution in [2.75, 3.05) is 13.1 Å². The first kappa shape index (κ1) is 15.3. The number of carbonyl (C=O) groups is 4. The number of carboxylic acid groups (broad SMARTS) is 1. The van der Waals surface area contributed by atoms with Gasteiger partial charge in [-0.1, -0.05) is 0 Å². The van der Waals surface area contributed by atoms with Gasteiger partial charge in [-0.3, -0.25) is 14.5 Å². The molecule has 2 N–H and O–H groups in total. The number of carbonyl (C=O) groups excluding carboxylic acids is 3. The van der Waals surface area contributed by atoms with Gasteiger partial charge in [-0.05, 0) is 26.7 Å². The molecule has 4 amide bonds. The van der Waals surface area contributed by atoms with E-state index in [-0.39, 0.29) is 24.8 Å². The number of likely N-dealkylation sites (tertiary alicyclic amines) is 1. The second-order valence-electron chi connectivity index (χ2n) is 5.85. The van der Waals surface area contributed by atoms with Crippen molar-refractivity contribution in [1.29, 1.82) is 0 Å². The van der Waals surface area contributed by atoms with Gasteiger partial charge in [0, 0.05) is 19.5 Å². The Bertz CT molecular complexity index is 502. The molecule has 8 heteroatoms. The highest BCUT2D eigenvalue weighted by Gasteiger charge is 2.44. The van der Waals surface area contributed by atoms with Crippen LogP contribution in [0.1, 0.15) is 33.1 Å². The van der Waals surface area contributed by atoms with Crippen LogP contribution in [-0.2, 0) is 14.4 Å². The van der Waals surface area contributed by atoms with Crippen LogP contribution in [0, 0.1) is 0 Å².